The third kappa shape index (κ3) is 3.91. The highest BCUT2D eigenvalue weighted by Gasteiger charge is 2.36. The van der Waals surface area contributed by atoms with Gasteiger partial charge >= 0.3 is 0 Å². The van der Waals surface area contributed by atoms with Gasteiger partial charge in [-0.25, -0.2) is 8.42 Å². The summed E-state index contributed by atoms with van der Waals surface area (Å²) in [6.45, 7) is 1.54. The van der Waals surface area contributed by atoms with E-state index in [1.807, 2.05) is 30.3 Å². The van der Waals surface area contributed by atoms with Crippen molar-refractivity contribution in [2.45, 2.75) is 31.8 Å². The first kappa shape index (κ1) is 19.0. The van der Waals surface area contributed by atoms with E-state index in [2.05, 4.69) is 17.4 Å². The second kappa shape index (κ2) is 7.56. The topological polar surface area (TPSA) is 75.7 Å². The zero-order valence-electron chi connectivity index (χ0n) is 15.8. The van der Waals surface area contributed by atoms with Crippen LogP contribution in [-0.2, 0) is 27.8 Å². The molecule has 0 bridgehead atoms. The van der Waals surface area contributed by atoms with Gasteiger partial charge in [-0.3, -0.25) is 4.79 Å². The summed E-state index contributed by atoms with van der Waals surface area (Å²) in [5.74, 6) is 0.740. The zero-order valence-corrected chi connectivity index (χ0v) is 16.7. The fourth-order valence-corrected chi connectivity index (χ4v) is 5.01. The molecule has 28 heavy (non-hydrogen) atoms. The molecule has 7 heteroatoms. The molecule has 1 N–H and O–H groups in total. The number of rotatable bonds is 5. The lowest BCUT2D eigenvalue weighted by Crippen LogP contribution is -2.45. The van der Waals surface area contributed by atoms with Gasteiger partial charge in [-0.2, -0.15) is 4.31 Å². The minimum Gasteiger partial charge on any atom is -0.493 e. The largest absolute Gasteiger partial charge is 0.493 e. The molecule has 2 aromatic carbocycles. The predicted molar refractivity (Wildman–Crippen MR) is 107 cm³/mol. The maximum Gasteiger partial charge on any atom is 0.238 e. The molecule has 4 rings (SSSR count). The Hall–Kier alpha value is -2.38. The van der Waals surface area contributed by atoms with Crippen LogP contribution in [0.3, 0.4) is 0 Å². The zero-order chi connectivity index (χ0) is 19.7. The molecule has 0 spiro atoms. The molecule has 0 aromatic heterocycles. The van der Waals surface area contributed by atoms with Gasteiger partial charge in [-0.05, 0) is 47.2 Å². The Labute approximate surface area is 165 Å². The van der Waals surface area contributed by atoms with Crippen molar-refractivity contribution >= 4 is 15.9 Å². The van der Waals surface area contributed by atoms with E-state index in [-0.39, 0.29) is 5.91 Å². The molecule has 1 amide bonds. The summed E-state index contributed by atoms with van der Waals surface area (Å²) in [5, 5.41) is 2.87. The number of amides is 1. The molecule has 2 aromatic rings. The van der Waals surface area contributed by atoms with E-state index in [0.717, 1.165) is 41.7 Å². The summed E-state index contributed by atoms with van der Waals surface area (Å²) < 4.78 is 30.5. The molecule has 6 nitrogen and oxygen atoms in total. The van der Waals surface area contributed by atoms with Crippen molar-refractivity contribution in [3.05, 3.63) is 53.6 Å². The average Bonchev–Trinajstić information content (AvgIpc) is 3.35. The van der Waals surface area contributed by atoms with Crippen LogP contribution in [0.5, 0.6) is 5.75 Å². The van der Waals surface area contributed by atoms with E-state index < -0.39 is 16.1 Å². The number of benzene rings is 2. The van der Waals surface area contributed by atoms with E-state index >= 15 is 0 Å². The molecule has 1 atom stereocenters. The van der Waals surface area contributed by atoms with Crippen molar-refractivity contribution in [1.29, 1.82) is 0 Å². The number of nitrogens with one attached hydrogen (secondary N) is 1. The van der Waals surface area contributed by atoms with Crippen LogP contribution in [0.1, 0.15) is 24.0 Å². The molecule has 2 aliphatic rings. The number of sulfonamides is 1. The van der Waals surface area contributed by atoms with Crippen LogP contribution < -0.4 is 10.1 Å². The Balaban J connectivity index is 1.39. The lowest BCUT2D eigenvalue weighted by Gasteiger charge is -2.21. The fraction of sp³-hybridized carbons (Fsp3) is 0.381. The average molecular weight is 401 g/mol. The Kier molecular flexibility index (Phi) is 5.12. The third-order valence-electron chi connectivity index (χ3n) is 5.38. The summed E-state index contributed by atoms with van der Waals surface area (Å²) in [4.78, 5) is 12.4. The Morgan fingerprint density at radius 1 is 1.18 bits per heavy atom. The maximum absolute atomic E-state index is 12.4. The van der Waals surface area contributed by atoms with Crippen LogP contribution in [0.2, 0.25) is 0 Å². The normalized spacial score (nSPS) is 19.2. The minimum absolute atomic E-state index is 0.231. The van der Waals surface area contributed by atoms with Crippen molar-refractivity contribution < 1.29 is 17.9 Å². The number of hydrogen-bond acceptors (Lipinski definition) is 4. The maximum atomic E-state index is 12.4. The molecule has 0 aliphatic carbocycles. The van der Waals surface area contributed by atoms with Crippen LogP contribution in [0.25, 0.3) is 11.1 Å². The number of nitrogens with zero attached hydrogens (tertiary/aromatic N) is 1. The van der Waals surface area contributed by atoms with Gasteiger partial charge in [-0.15, -0.1) is 0 Å². The van der Waals surface area contributed by atoms with E-state index in [4.69, 9.17) is 4.74 Å². The van der Waals surface area contributed by atoms with Gasteiger partial charge in [0.25, 0.3) is 0 Å². The first-order chi connectivity index (χ1) is 13.4. The van der Waals surface area contributed by atoms with Crippen molar-refractivity contribution in [2.75, 3.05) is 19.4 Å². The second-order valence-electron chi connectivity index (χ2n) is 7.37. The van der Waals surface area contributed by atoms with Crippen molar-refractivity contribution in [1.82, 2.24) is 9.62 Å². The Morgan fingerprint density at radius 3 is 2.68 bits per heavy atom. The molecule has 0 saturated carbocycles. The second-order valence-corrected chi connectivity index (χ2v) is 9.30. The SMILES string of the molecule is CS(=O)(=O)N1CCCC1C(=O)NCc1ccc(-c2ccc3c(c2)CCO3)cc1. The quantitative estimate of drug-likeness (QED) is 0.836. The summed E-state index contributed by atoms with van der Waals surface area (Å²) in [6.07, 6.45) is 3.38. The number of carbonyl (C=O) groups excluding carboxylic acids is 1. The molecule has 148 valence electrons. The lowest BCUT2D eigenvalue weighted by molar-refractivity contribution is -0.124. The van der Waals surface area contributed by atoms with Gasteiger partial charge < -0.3 is 10.1 Å². The van der Waals surface area contributed by atoms with Gasteiger partial charge in [-0.1, -0.05) is 30.3 Å². The van der Waals surface area contributed by atoms with E-state index in [0.29, 0.717) is 25.9 Å². The summed E-state index contributed by atoms with van der Waals surface area (Å²) >= 11 is 0. The minimum atomic E-state index is -3.36. The Bertz CT molecular complexity index is 986. The van der Waals surface area contributed by atoms with Crippen LogP contribution in [0, 0.1) is 0 Å². The number of fused-ring (bicyclic) bond motifs is 1. The monoisotopic (exact) mass is 400 g/mol. The molecular weight excluding hydrogens is 376 g/mol. The van der Waals surface area contributed by atoms with Crippen LogP contribution in [0.15, 0.2) is 42.5 Å². The predicted octanol–water partition coefficient (Wildman–Crippen LogP) is 2.33. The van der Waals surface area contributed by atoms with Crippen LogP contribution in [0.4, 0.5) is 0 Å². The first-order valence-corrected chi connectivity index (χ1v) is 11.4. The number of hydrogen-bond donors (Lipinski definition) is 1. The molecular formula is C21H24N2O4S. The van der Waals surface area contributed by atoms with E-state index in [1.165, 1.54) is 9.87 Å². The smallest absolute Gasteiger partial charge is 0.238 e. The highest BCUT2D eigenvalue weighted by molar-refractivity contribution is 7.88. The van der Waals surface area contributed by atoms with Gasteiger partial charge in [0.05, 0.1) is 12.9 Å². The Morgan fingerprint density at radius 2 is 1.93 bits per heavy atom. The number of carbonyl (C=O) groups is 1. The van der Waals surface area contributed by atoms with Gasteiger partial charge in [0.15, 0.2) is 0 Å². The fourth-order valence-electron chi connectivity index (χ4n) is 3.89. The molecule has 0 radical (unpaired) electrons. The van der Waals surface area contributed by atoms with Gasteiger partial charge in [0.1, 0.15) is 11.8 Å². The van der Waals surface area contributed by atoms with Gasteiger partial charge in [0.2, 0.25) is 15.9 Å². The summed E-state index contributed by atoms with van der Waals surface area (Å²) in [6, 6.07) is 13.7. The first-order valence-electron chi connectivity index (χ1n) is 9.51. The van der Waals surface area contributed by atoms with Crippen LogP contribution >= 0.6 is 0 Å². The summed E-state index contributed by atoms with van der Waals surface area (Å²) in [5.41, 5.74) is 4.48. The van der Waals surface area contributed by atoms with Crippen molar-refractivity contribution in [2.24, 2.45) is 0 Å². The van der Waals surface area contributed by atoms with Crippen molar-refractivity contribution in [3.63, 3.8) is 0 Å². The van der Waals surface area contributed by atoms with Crippen LogP contribution in [-0.4, -0.2) is 44.1 Å². The number of ether oxygens (including phenoxy) is 1. The highest BCUT2D eigenvalue weighted by atomic mass is 32.2. The molecule has 1 unspecified atom stereocenters. The molecule has 2 aliphatic heterocycles. The van der Waals surface area contributed by atoms with Gasteiger partial charge in [0, 0.05) is 19.5 Å². The van der Waals surface area contributed by atoms with Crippen molar-refractivity contribution in [3.8, 4) is 16.9 Å². The molecule has 2 heterocycles. The third-order valence-corrected chi connectivity index (χ3v) is 6.66. The van der Waals surface area contributed by atoms with E-state index in [1.54, 1.807) is 0 Å². The van der Waals surface area contributed by atoms with E-state index in [9.17, 15) is 13.2 Å². The standard InChI is InChI=1S/C21H24N2O4S/c1-28(25,26)23-11-2-3-19(23)21(24)22-14-15-4-6-16(7-5-15)17-8-9-20-18(13-17)10-12-27-20/h4-9,13,19H,2-3,10-12,14H2,1H3,(H,22,24). The lowest BCUT2D eigenvalue weighted by atomic mass is 10.0. The summed E-state index contributed by atoms with van der Waals surface area (Å²) in [7, 11) is -3.36. The molecule has 1 saturated heterocycles. The molecule has 1 fully saturated rings. The highest BCUT2D eigenvalue weighted by Crippen LogP contribution is 2.30.